The third kappa shape index (κ3) is 4.04. The number of carbonyl (C=O) groups is 1. The summed E-state index contributed by atoms with van der Waals surface area (Å²) in [5, 5.41) is 11.5. The maximum absolute atomic E-state index is 11.5. The zero-order valence-corrected chi connectivity index (χ0v) is 11.2. The Kier molecular flexibility index (Phi) is 5.65. The summed E-state index contributed by atoms with van der Waals surface area (Å²) in [7, 11) is 1.63. The molecule has 0 unspecified atom stereocenters. The van der Waals surface area contributed by atoms with E-state index in [1.165, 1.54) is 0 Å². The minimum atomic E-state index is -0.0507. The highest BCUT2D eigenvalue weighted by atomic mass is 16.5. The monoisotopic (exact) mass is 251 g/mol. The molecule has 0 saturated heterocycles. The summed E-state index contributed by atoms with van der Waals surface area (Å²) in [6.07, 6.45) is 0.847. The van der Waals surface area contributed by atoms with E-state index < -0.39 is 0 Å². The van der Waals surface area contributed by atoms with E-state index >= 15 is 0 Å². The van der Waals surface area contributed by atoms with Crippen molar-refractivity contribution in [3.05, 3.63) is 28.8 Å². The van der Waals surface area contributed by atoms with Crippen molar-refractivity contribution < 1.29 is 14.6 Å². The van der Waals surface area contributed by atoms with Crippen LogP contribution in [-0.4, -0.2) is 24.7 Å². The molecule has 0 bridgehead atoms. The maximum atomic E-state index is 11.5. The molecule has 18 heavy (non-hydrogen) atoms. The second kappa shape index (κ2) is 7.01. The van der Waals surface area contributed by atoms with Crippen molar-refractivity contribution in [1.29, 1.82) is 0 Å². The highest BCUT2D eigenvalue weighted by molar-refractivity contribution is 5.75. The van der Waals surface area contributed by atoms with Crippen molar-refractivity contribution in [3.8, 4) is 5.75 Å². The molecule has 0 aliphatic rings. The lowest BCUT2D eigenvalue weighted by atomic mass is 10.1. The molecule has 0 saturated carbocycles. The predicted octanol–water partition coefficient (Wildman–Crippen LogP) is 1.70. The first kappa shape index (κ1) is 14.5. The molecule has 0 fully saturated rings. The molecule has 1 aromatic carbocycles. The highest BCUT2D eigenvalue weighted by Gasteiger charge is 2.08. The average molecular weight is 251 g/mol. The van der Waals surface area contributed by atoms with Crippen LogP contribution in [-0.2, 0) is 11.3 Å². The van der Waals surface area contributed by atoms with Gasteiger partial charge in [-0.2, -0.15) is 0 Å². The van der Waals surface area contributed by atoms with Crippen LogP contribution in [0.5, 0.6) is 5.75 Å². The Labute approximate surface area is 108 Å². The van der Waals surface area contributed by atoms with Gasteiger partial charge in [-0.1, -0.05) is 17.7 Å². The molecular weight excluding hydrogens is 230 g/mol. The van der Waals surface area contributed by atoms with Gasteiger partial charge in [-0.05, 0) is 25.8 Å². The largest absolute Gasteiger partial charge is 0.496 e. The number of hydrogen-bond acceptors (Lipinski definition) is 3. The van der Waals surface area contributed by atoms with E-state index in [1.54, 1.807) is 7.11 Å². The average Bonchev–Trinajstić information content (AvgIpc) is 2.33. The van der Waals surface area contributed by atoms with Gasteiger partial charge in [0, 0.05) is 25.1 Å². The molecule has 0 spiro atoms. The van der Waals surface area contributed by atoms with Gasteiger partial charge in [-0.3, -0.25) is 4.79 Å². The van der Waals surface area contributed by atoms with Crippen molar-refractivity contribution in [2.45, 2.75) is 33.2 Å². The molecule has 0 aliphatic heterocycles. The molecule has 0 radical (unpaired) electrons. The fourth-order valence-corrected chi connectivity index (χ4v) is 1.99. The summed E-state index contributed by atoms with van der Waals surface area (Å²) in [6.45, 7) is 4.50. The number of carbonyl (C=O) groups excluding carboxylic acids is 1. The fourth-order valence-electron chi connectivity index (χ4n) is 1.99. The van der Waals surface area contributed by atoms with Gasteiger partial charge in [0.15, 0.2) is 0 Å². The van der Waals surface area contributed by atoms with Crippen molar-refractivity contribution >= 4 is 5.91 Å². The lowest BCUT2D eigenvalue weighted by Gasteiger charge is -2.13. The number of aliphatic hydroxyl groups is 1. The van der Waals surface area contributed by atoms with Crippen LogP contribution >= 0.6 is 0 Å². The quantitative estimate of drug-likeness (QED) is 0.809. The zero-order chi connectivity index (χ0) is 13.5. The third-order valence-electron chi connectivity index (χ3n) is 2.74. The van der Waals surface area contributed by atoms with Gasteiger partial charge in [0.1, 0.15) is 5.75 Å². The van der Waals surface area contributed by atoms with Gasteiger partial charge < -0.3 is 15.2 Å². The number of aryl methyl sites for hydroxylation is 2. The van der Waals surface area contributed by atoms with Gasteiger partial charge in [-0.25, -0.2) is 0 Å². The van der Waals surface area contributed by atoms with Crippen LogP contribution in [0.4, 0.5) is 0 Å². The lowest BCUT2D eigenvalue weighted by Crippen LogP contribution is -2.23. The van der Waals surface area contributed by atoms with Crippen LogP contribution in [0, 0.1) is 13.8 Å². The van der Waals surface area contributed by atoms with E-state index in [0.717, 1.165) is 22.4 Å². The van der Waals surface area contributed by atoms with Crippen molar-refractivity contribution in [2.75, 3.05) is 13.7 Å². The Hall–Kier alpha value is -1.55. The molecule has 0 heterocycles. The molecule has 1 amide bonds. The molecule has 4 nitrogen and oxygen atoms in total. The molecule has 4 heteroatoms. The number of benzene rings is 1. The van der Waals surface area contributed by atoms with Crippen LogP contribution in [0.3, 0.4) is 0 Å². The van der Waals surface area contributed by atoms with Crippen LogP contribution in [0.25, 0.3) is 0 Å². The summed E-state index contributed by atoms with van der Waals surface area (Å²) < 4.78 is 5.35. The van der Waals surface area contributed by atoms with Crippen molar-refractivity contribution in [1.82, 2.24) is 5.32 Å². The molecular formula is C14H21NO3. The number of methoxy groups -OCH3 is 1. The first-order valence-electron chi connectivity index (χ1n) is 6.10. The van der Waals surface area contributed by atoms with Gasteiger partial charge in [0.05, 0.1) is 7.11 Å². The second-order valence-corrected chi connectivity index (χ2v) is 4.38. The first-order chi connectivity index (χ1) is 8.58. The molecule has 0 atom stereocenters. The third-order valence-corrected chi connectivity index (χ3v) is 2.74. The normalized spacial score (nSPS) is 10.2. The maximum Gasteiger partial charge on any atom is 0.220 e. The number of amides is 1. The van der Waals surface area contributed by atoms with Crippen LogP contribution in [0.15, 0.2) is 12.1 Å². The number of nitrogens with one attached hydrogen (secondary N) is 1. The Morgan fingerprint density at radius 3 is 2.72 bits per heavy atom. The fraction of sp³-hybridized carbons (Fsp3) is 0.500. The molecule has 0 aliphatic carbocycles. The molecule has 1 aromatic rings. The summed E-state index contributed by atoms with van der Waals surface area (Å²) >= 11 is 0. The van der Waals surface area contributed by atoms with Gasteiger partial charge in [0.2, 0.25) is 5.91 Å². The summed E-state index contributed by atoms with van der Waals surface area (Å²) in [4.78, 5) is 11.5. The molecule has 2 N–H and O–H groups in total. The topological polar surface area (TPSA) is 58.6 Å². The Balaban J connectivity index is 2.69. The second-order valence-electron chi connectivity index (χ2n) is 4.38. The predicted molar refractivity (Wildman–Crippen MR) is 70.6 cm³/mol. The summed E-state index contributed by atoms with van der Waals surface area (Å²) in [6, 6.07) is 4.06. The van der Waals surface area contributed by atoms with Crippen LogP contribution in [0.2, 0.25) is 0 Å². The number of hydrogen-bond donors (Lipinski definition) is 2. The van der Waals surface area contributed by atoms with Crippen molar-refractivity contribution in [2.24, 2.45) is 0 Å². The smallest absolute Gasteiger partial charge is 0.220 e. The zero-order valence-electron chi connectivity index (χ0n) is 11.2. The highest BCUT2D eigenvalue weighted by Crippen LogP contribution is 2.24. The van der Waals surface area contributed by atoms with Gasteiger partial charge in [-0.15, -0.1) is 0 Å². The Bertz CT molecular complexity index is 416. The summed E-state index contributed by atoms with van der Waals surface area (Å²) in [5.74, 6) is 0.772. The van der Waals surface area contributed by atoms with Gasteiger partial charge in [0.25, 0.3) is 0 Å². The molecule has 1 rings (SSSR count). The lowest BCUT2D eigenvalue weighted by molar-refractivity contribution is -0.121. The Morgan fingerprint density at radius 1 is 1.39 bits per heavy atom. The van der Waals surface area contributed by atoms with E-state index in [9.17, 15) is 4.79 Å². The minimum absolute atomic E-state index is 0.0420. The van der Waals surface area contributed by atoms with Crippen LogP contribution in [0.1, 0.15) is 29.5 Å². The standard InChI is InChI=1S/C14H21NO3/c1-10-7-11(2)14(18-3)12(8-10)9-15-13(17)5-4-6-16/h7-8,16H,4-6,9H2,1-3H3,(H,15,17). The summed E-state index contributed by atoms with van der Waals surface area (Å²) in [5.41, 5.74) is 3.19. The van der Waals surface area contributed by atoms with E-state index in [1.807, 2.05) is 19.9 Å². The van der Waals surface area contributed by atoms with E-state index in [0.29, 0.717) is 19.4 Å². The van der Waals surface area contributed by atoms with E-state index in [-0.39, 0.29) is 12.5 Å². The Morgan fingerprint density at radius 2 is 2.11 bits per heavy atom. The van der Waals surface area contributed by atoms with E-state index in [4.69, 9.17) is 9.84 Å². The first-order valence-corrected chi connectivity index (χ1v) is 6.10. The SMILES string of the molecule is COc1c(C)cc(C)cc1CNC(=O)CCCO. The van der Waals surface area contributed by atoms with E-state index in [2.05, 4.69) is 11.4 Å². The number of ether oxygens (including phenoxy) is 1. The van der Waals surface area contributed by atoms with Gasteiger partial charge >= 0.3 is 0 Å². The molecule has 0 aromatic heterocycles. The van der Waals surface area contributed by atoms with Crippen LogP contribution < -0.4 is 10.1 Å². The molecule has 100 valence electrons. The number of rotatable bonds is 6. The minimum Gasteiger partial charge on any atom is -0.496 e. The number of aliphatic hydroxyl groups excluding tert-OH is 1. The van der Waals surface area contributed by atoms with Crippen molar-refractivity contribution in [3.63, 3.8) is 0 Å².